The Morgan fingerprint density at radius 2 is 1.78 bits per heavy atom. The van der Waals surface area contributed by atoms with Gasteiger partial charge in [0.05, 0.1) is 11.5 Å². The summed E-state index contributed by atoms with van der Waals surface area (Å²) in [5.74, 6) is 0. The predicted molar refractivity (Wildman–Crippen MR) is 103 cm³/mol. The molecule has 0 bridgehead atoms. The summed E-state index contributed by atoms with van der Waals surface area (Å²) in [6, 6.07) is 17.9. The summed E-state index contributed by atoms with van der Waals surface area (Å²) in [5, 5.41) is 16.1. The van der Waals surface area contributed by atoms with E-state index >= 15 is 0 Å². The van der Waals surface area contributed by atoms with E-state index in [1.54, 1.807) is 11.0 Å². The summed E-state index contributed by atoms with van der Waals surface area (Å²) in [7, 11) is 0. The lowest BCUT2D eigenvalue weighted by molar-refractivity contribution is -0.0369. The van der Waals surface area contributed by atoms with Gasteiger partial charge in [0.2, 0.25) is 0 Å². The third kappa shape index (κ3) is 2.78. The molecule has 2 aliphatic rings. The molecule has 138 valence electrons. The van der Waals surface area contributed by atoms with E-state index in [2.05, 4.69) is 34.3 Å². The zero-order chi connectivity index (χ0) is 18.5. The fraction of sp³-hybridized carbons (Fsp3) is 0.333. The van der Waals surface area contributed by atoms with E-state index < -0.39 is 16.5 Å². The van der Waals surface area contributed by atoms with Crippen molar-refractivity contribution in [2.75, 3.05) is 6.61 Å². The largest absolute Gasteiger partial charge is 0.383 e. The molecular weight excluding hydrogens is 362 g/mol. The molecule has 3 atom stereocenters. The molecule has 5 nitrogen and oxygen atoms in total. The van der Waals surface area contributed by atoms with Crippen molar-refractivity contribution < 1.29 is 9.84 Å². The number of benzene rings is 2. The van der Waals surface area contributed by atoms with Gasteiger partial charge in [0.1, 0.15) is 30.4 Å². The van der Waals surface area contributed by atoms with Gasteiger partial charge in [-0.05, 0) is 29.5 Å². The molecule has 1 aromatic heterocycles. The number of nitrogens with zero attached hydrogens (tertiary/aromatic N) is 3. The zero-order valence-corrected chi connectivity index (χ0v) is 15.5. The normalized spacial score (nSPS) is 23.4. The van der Waals surface area contributed by atoms with Crippen molar-refractivity contribution in [1.82, 2.24) is 14.8 Å². The maximum atomic E-state index is 11.8. The average molecular weight is 382 g/mol. The topological polar surface area (TPSA) is 63.5 Å². The van der Waals surface area contributed by atoms with Gasteiger partial charge in [-0.3, -0.25) is 0 Å². The van der Waals surface area contributed by atoms with E-state index in [1.165, 1.54) is 6.33 Å². The van der Waals surface area contributed by atoms with Crippen molar-refractivity contribution >= 4 is 11.6 Å². The van der Waals surface area contributed by atoms with Gasteiger partial charge in [0.25, 0.3) is 0 Å². The molecule has 2 fully saturated rings. The molecule has 0 spiro atoms. The summed E-state index contributed by atoms with van der Waals surface area (Å²) in [6.45, 7) is 0.512. The summed E-state index contributed by atoms with van der Waals surface area (Å²) in [5.41, 5.74) is 1.97. The summed E-state index contributed by atoms with van der Waals surface area (Å²) in [4.78, 5) is 3.39. The number of alkyl halides is 1. The van der Waals surface area contributed by atoms with Crippen LogP contribution in [0, 0.1) is 0 Å². The van der Waals surface area contributed by atoms with Crippen molar-refractivity contribution in [2.24, 2.45) is 0 Å². The van der Waals surface area contributed by atoms with Gasteiger partial charge in [0, 0.05) is 0 Å². The first kappa shape index (κ1) is 16.9. The molecule has 1 aliphatic heterocycles. The minimum Gasteiger partial charge on any atom is -0.383 e. The highest BCUT2D eigenvalue weighted by atomic mass is 35.5. The number of ether oxygens (including phenoxy) is 1. The van der Waals surface area contributed by atoms with Crippen LogP contribution in [-0.2, 0) is 4.74 Å². The summed E-state index contributed by atoms with van der Waals surface area (Å²) < 4.78 is 7.23. The lowest BCUT2D eigenvalue weighted by Gasteiger charge is -2.39. The highest BCUT2D eigenvalue weighted by molar-refractivity contribution is 6.27. The van der Waals surface area contributed by atoms with Gasteiger partial charge in [-0.1, -0.05) is 54.6 Å². The summed E-state index contributed by atoms with van der Waals surface area (Å²) in [6.07, 6.45) is 4.34. The number of epoxide rings is 1. The molecule has 1 saturated carbocycles. The second kappa shape index (κ2) is 6.16. The Morgan fingerprint density at radius 1 is 1.11 bits per heavy atom. The highest BCUT2D eigenvalue weighted by Gasteiger charge is 2.69. The van der Waals surface area contributed by atoms with E-state index in [0.717, 1.165) is 29.5 Å². The van der Waals surface area contributed by atoms with Crippen LogP contribution in [0.1, 0.15) is 24.4 Å². The van der Waals surface area contributed by atoms with Gasteiger partial charge < -0.3 is 9.84 Å². The molecule has 2 aromatic carbocycles. The zero-order valence-electron chi connectivity index (χ0n) is 14.7. The van der Waals surface area contributed by atoms with Crippen LogP contribution in [-0.4, -0.2) is 43.1 Å². The Kier molecular flexibility index (Phi) is 3.86. The van der Waals surface area contributed by atoms with E-state index in [9.17, 15) is 5.11 Å². The number of hydrogen-bond donors (Lipinski definition) is 1. The third-order valence-corrected chi connectivity index (χ3v) is 6.36. The van der Waals surface area contributed by atoms with E-state index in [4.69, 9.17) is 16.3 Å². The van der Waals surface area contributed by atoms with Crippen LogP contribution in [0.4, 0.5) is 0 Å². The van der Waals surface area contributed by atoms with Crippen LogP contribution in [0.15, 0.2) is 67.3 Å². The van der Waals surface area contributed by atoms with Gasteiger partial charge >= 0.3 is 0 Å². The monoisotopic (exact) mass is 381 g/mol. The fourth-order valence-electron chi connectivity index (χ4n) is 3.97. The Balaban J connectivity index is 1.58. The Bertz CT molecular complexity index is 922. The van der Waals surface area contributed by atoms with Gasteiger partial charge in [0.15, 0.2) is 0 Å². The van der Waals surface area contributed by atoms with Crippen LogP contribution in [0.2, 0.25) is 0 Å². The molecule has 1 aliphatic carbocycles. The molecule has 1 saturated heterocycles. The lowest BCUT2D eigenvalue weighted by atomic mass is 9.81. The number of halogens is 1. The number of aliphatic hydroxyl groups is 1. The first-order valence-corrected chi connectivity index (χ1v) is 9.52. The van der Waals surface area contributed by atoms with Crippen LogP contribution in [0.3, 0.4) is 0 Å². The molecule has 2 heterocycles. The Labute approximate surface area is 162 Å². The molecule has 0 amide bonds. The second-order valence-corrected chi connectivity index (χ2v) is 8.10. The maximum absolute atomic E-state index is 11.8. The lowest BCUT2D eigenvalue weighted by Crippen LogP contribution is -2.54. The van der Waals surface area contributed by atoms with Gasteiger partial charge in [-0.15, -0.1) is 11.6 Å². The minimum atomic E-state index is -1.24. The standard InChI is InChI=1S/C21H20ClN3O2/c22-20(10-11-20)21(26,18-12-27-18)19(25-14-23-13-24-25)17-8-6-16(7-9-17)15-4-2-1-3-5-15/h1-9,13-14,18-19,26H,10-12H2. The van der Waals surface area contributed by atoms with Crippen LogP contribution in [0.5, 0.6) is 0 Å². The van der Waals surface area contributed by atoms with Crippen molar-refractivity contribution in [3.05, 3.63) is 72.8 Å². The molecule has 5 rings (SSSR count). The quantitative estimate of drug-likeness (QED) is 0.525. The van der Waals surface area contributed by atoms with Crippen LogP contribution >= 0.6 is 11.6 Å². The summed E-state index contributed by atoms with van der Waals surface area (Å²) >= 11 is 6.78. The Hall–Kier alpha value is -2.21. The first-order valence-electron chi connectivity index (χ1n) is 9.14. The number of rotatable bonds is 6. The van der Waals surface area contributed by atoms with Crippen LogP contribution in [0.25, 0.3) is 11.1 Å². The maximum Gasteiger partial charge on any atom is 0.138 e. The van der Waals surface area contributed by atoms with E-state index in [0.29, 0.717) is 6.61 Å². The molecule has 27 heavy (non-hydrogen) atoms. The fourth-order valence-corrected chi connectivity index (χ4v) is 4.29. The van der Waals surface area contributed by atoms with Crippen molar-refractivity contribution in [1.29, 1.82) is 0 Å². The van der Waals surface area contributed by atoms with Crippen molar-refractivity contribution in [3.8, 4) is 11.1 Å². The molecule has 3 unspecified atom stereocenters. The van der Waals surface area contributed by atoms with Gasteiger partial charge in [-0.25, -0.2) is 9.67 Å². The predicted octanol–water partition coefficient (Wildman–Crippen LogP) is 3.44. The number of hydrogen-bond acceptors (Lipinski definition) is 4. The molecule has 3 aromatic rings. The first-order chi connectivity index (χ1) is 13.1. The third-order valence-electron chi connectivity index (χ3n) is 5.68. The SMILES string of the molecule is OC(C1CO1)(C(c1ccc(-c2ccccc2)cc1)n1cncn1)C1(Cl)CC1. The van der Waals surface area contributed by atoms with E-state index in [1.807, 2.05) is 30.3 Å². The van der Waals surface area contributed by atoms with Gasteiger partial charge in [-0.2, -0.15) is 5.10 Å². The smallest absolute Gasteiger partial charge is 0.138 e. The second-order valence-electron chi connectivity index (χ2n) is 7.38. The van der Waals surface area contributed by atoms with Crippen molar-refractivity contribution in [2.45, 2.75) is 35.5 Å². The molecular formula is C21H20ClN3O2. The molecule has 6 heteroatoms. The Morgan fingerprint density at radius 3 is 2.33 bits per heavy atom. The van der Waals surface area contributed by atoms with Crippen molar-refractivity contribution in [3.63, 3.8) is 0 Å². The average Bonchev–Trinajstić information content (AvgIpc) is 3.63. The highest BCUT2D eigenvalue weighted by Crippen LogP contribution is 2.59. The van der Waals surface area contributed by atoms with E-state index in [-0.39, 0.29) is 6.10 Å². The minimum absolute atomic E-state index is 0.291. The van der Waals surface area contributed by atoms with Crippen LogP contribution < -0.4 is 0 Å². The molecule has 1 N–H and O–H groups in total. The molecule has 0 radical (unpaired) electrons. The number of aromatic nitrogens is 3.